The Hall–Kier alpha value is -1.20. The molecule has 0 aliphatic carbocycles. The molecule has 0 aromatic heterocycles. The summed E-state index contributed by atoms with van der Waals surface area (Å²) in [6, 6.07) is 11.7. The summed E-state index contributed by atoms with van der Waals surface area (Å²) in [5, 5.41) is 0. The van der Waals surface area contributed by atoms with E-state index in [0.717, 1.165) is 10.0 Å². The highest BCUT2D eigenvalue weighted by Gasteiger charge is 2.10. The Labute approximate surface area is 116 Å². The van der Waals surface area contributed by atoms with E-state index in [4.69, 9.17) is 5.73 Å². The third kappa shape index (κ3) is 3.17. The van der Waals surface area contributed by atoms with Gasteiger partial charge in [0.05, 0.1) is 21.4 Å². The molecule has 0 saturated carbocycles. The van der Waals surface area contributed by atoms with Crippen molar-refractivity contribution in [2.24, 2.45) is 0 Å². The van der Waals surface area contributed by atoms with Crippen molar-refractivity contribution in [1.82, 2.24) is 0 Å². The number of rotatable bonds is 3. The van der Waals surface area contributed by atoms with E-state index in [1.165, 1.54) is 12.1 Å². The summed E-state index contributed by atoms with van der Waals surface area (Å²) in [7, 11) is -1.41. The van der Waals surface area contributed by atoms with Gasteiger partial charge in [0.25, 0.3) is 0 Å². The van der Waals surface area contributed by atoms with Gasteiger partial charge in [-0.05, 0) is 35.9 Å². The van der Waals surface area contributed by atoms with Crippen LogP contribution in [0.15, 0.2) is 51.8 Å². The molecule has 94 valence electrons. The molecular formula is C13H11BrFNOS. The number of benzene rings is 2. The molecule has 0 amide bonds. The van der Waals surface area contributed by atoms with Gasteiger partial charge in [0.1, 0.15) is 5.82 Å². The Kier molecular flexibility index (Phi) is 4.14. The van der Waals surface area contributed by atoms with Crippen molar-refractivity contribution in [3.63, 3.8) is 0 Å². The van der Waals surface area contributed by atoms with Crippen LogP contribution >= 0.6 is 15.9 Å². The second kappa shape index (κ2) is 5.63. The van der Waals surface area contributed by atoms with E-state index in [1.54, 1.807) is 6.07 Å². The van der Waals surface area contributed by atoms with Gasteiger partial charge in [-0.2, -0.15) is 0 Å². The van der Waals surface area contributed by atoms with Crippen LogP contribution in [0.5, 0.6) is 0 Å². The summed E-state index contributed by atoms with van der Waals surface area (Å²) in [4.78, 5) is 0.187. The summed E-state index contributed by atoms with van der Waals surface area (Å²) in [6.45, 7) is 0. The molecule has 2 N–H and O–H groups in total. The van der Waals surface area contributed by atoms with Crippen LogP contribution in [0, 0.1) is 5.82 Å². The third-order valence-electron chi connectivity index (χ3n) is 2.41. The topological polar surface area (TPSA) is 43.1 Å². The highest BCUT2D eigenvalue weighted by atomic mass is 79.9. The van der Waals surface area contributed by atoms with Crippen molar-refractivity contribution in [2.75, 3.05) is 5.73 Å². The number of hydrogen-bond acceptors (Lipinski definition) is 2. The lowest BCUT2D eigenvalue weighted by Gasteiger charge is -2.05. The Morgan fingerprint density at radius 2 is 1.83 bits per heavy atom. The maximum Gasteiger partial charge on any atom is 0.141 e. The molecule has 0 bridgehead atoms. The first-order chi connectivity index (χ1) is 8.56. The van der Waals surface area contributed by atoms with Gasteiger partial charge in [-0.3, -0.25) is 4.21 Å². The monoisotopic (exact) mass is 327 g/mol. The summed E-state index contributed by atoms with van der Waals surface area (Å²) in [5.41, 5.74) is 6.68. The van der Waals surface area contributed by atoms with Gasteiger partial charge in [0, 0.05) is 10.2 Å². The van der Waals surface area contributed by atoms with Crippen molar-refractivity contribution in [3.05, 3.63) is 58.3 Å². The average Bonchev–Trinajstić information content (AvgIpc) is 2.32. The van der Waals surface area contributed by atoms with Crippen molar-refractivity contribution >= 4 is 32.4 Å². The Morgan fingerprint density at radius 3 is 2.44 bits per heavy atom. The molecule has 0 heterocycles. The Morgan fingerprint density at radius 1 is 1.17 bits per heavy atom. The van der Waals surface area contributed by atoms with Gasteiger partial charge < -0.3 is 5.73 Å². The zero-order valence-electron chi connectivity index (χ0n) is 9.40. The van der Waals surface area contributed by atoms with E-state index >= 15 is 0 Å². The number of hydrogen-bond donors (Lipinski definition) is 1. The van der Waals surface area contributed by atoms with Crippen molar-refractivity contribution in [1.29, 1.82) is 0 Å². The second-order valence-electron chi connectivity index (χ2n) is 3.81. The largest absolute Gasteiger partial charge is 0.399 e. The van der Waals surface area contributed by atoms with Crippen LogP contribution in [0.2, 0.25) is 0 Å². The fourth-order valence-corrected chi connectivity index (χ4v) is 2.92. The van der Waals surface area contributed by atoms with Gasteiger partial charge in [0.2, 0.25) is 0 Å². The number of nitrogen functional groups attached to an aromatic ring is 1. The summed E-state index contributed by atoms with van der Waals surface area (Å²) < 4.78 is 26.6. The summed E-state index contributed by atoms with van der Waals surface area (Å²) >= 11 is 3.33. The van der Waals surface area contributed by atoms with Crippen LogP contribution < -0.4 is 5.73 Å². The second-order valence-corrected chi connectivity index (χ2v) is 6.14. The molecule has 2 nitrogen and oxygen atoms in total. The fourth-order valence-electron chi connectivity index (χ4n) is 1.51. The van der Waals surface area contributed by atoms with Crippen LogP contribution in [-0.2, 0) is 16.6 Å². The molecular weight excluding hydrogens is 317 g/mol. The van der Waals surface area contributed by atoms with Gasteiger partial charge in [-0.25, -0.2) is 4.39 Å². The van der Waals surface area contributed by atoms with Gasteiger partial charge >= 0.3 is 0 Å². The smallest absolute Gasteiger partial charge is 0.141 e. The Balaban J connectivity index is 2.19. The Bertz CT molecular complexity index is 586. The zero-order chi connectivity index (χ0) is 13.1. The minimum absolute atomic E-state index is 0.187. The minimum Gasteiger partial charge on any atom is -0.399 e. The van der Waals surface area contributed by atoms with E-state index in [-0.39, 0.29) is 10.6 Å². The number of anilines is 1. The van der Waals surface area contributed by atoms with E-state index in [2.05, 4.69) is 15.9 Å². The molecule has 18 heavy (non-hydrogen) atoms. The maximum atomic E-state index is 13.6. The first-order valence-corrected chi connectivity index (χ1v) is 7.35. The lowest BCUT2D eigenvalue weighted by molar-refractivity contribution is 0.596. The molecule has 1 unspecified atom stereocenters. The maximum absolute atomic E-state index is 13.6. The van der Waals surface area contributed by atoms with Gasteiger partial charge in [0.15, 0.2) is 0 Å². The van der Waals surface area contributed by atoms with E-state index in [9.17, 15) is 8.60 Å². The van der Waals surface area contributed by atoms with Gasteiger partial charge in [-0.1, -0.05) is 28.1 Å². The van der Waals surface area contributed by atoms with E-state index < -0.39 is 16.6 Å². The van der Waals surface area contributed by atoms with E-state index in [1.807, 2.05) is 24.3 Å². The van der Waals surface area contributed by atoms with Crippen molar-refractivity contribution in [2.45, 2.75) is 10.6 Å². The molecule has 5 heteroatoms. The van der Waals surface area contributed by atoms with Crippen LogP contribution in [-0.4, -0.2) is 4.21 Å². The molecule has 0 saturated heterocycles. The quantitative estimate of drug-likeness (QED) is 0.877. The predicted molar refractivity (Wildman–Crippen MR) is 75.1 cm³/mol. The first-order valence-electron chi connectivity index (χ1n) is 5.24. The standard InChI is InChI=1S/C13H11BrFNOS/c14-10-3-1-9(2-4-10)8-18(17)13-6-5-11(16)7-12(13)15/h1-7H,8,16H2. The molecule has 2 aromatic rings. The normalized spacial score (nSPS) is 12.3. The van der Waals surface area contributed by atoms with E-state index in [0.29, 0.717) is 5.69 Å². The first kappa shape index (κ1) is 13.2. The predicted octanol–water partition coefficient (Wildman–Crippen LogP) is 3.48. The molecule has 0 aliphatic heterocycles. The number of nitrogens with two attached hydrogens (primary N) is 1. The van der Waals surface area contributed by atoms with Crippen LogP contribution in [0.1, 0.15) is 5.56 Å². The molecule has 2 aromatic carbocycles. The molecule has 0 radical (unpaired) electrons. The molecule has 0 fully saturated rings. The summed E-state index contributed by atoms with van der Waals surface area (Å²) in [6.07, 6.45) is 0. The van der Waals surface area contributed by atoms with Crippen molar-refractivity contribution in [3.8, 4) is 0 Å². The third-order valence-corrected chi connectivity index (χ3v) is 4.36. The molecule has 0 aliphatic rings. The van der Waals surface area contributed by atoms with Crippen LogP contribution in [0.4, 0.5) is 10.1 Å². The minimum atomic E-state index is -1.41. The van der Waals surface area contributed by atoms with Crippen LogP contribution in [0.3, 0.4) is 0 Å². The average molecular weight is 328 g/mol. The lowest BCUT2D eigenvalue weighted by atomic mass is 10.2. The van der Waals surface area contributed by atoms with Crippen LogP contribution in [0.25, 0.3) is 0 Å². The molecule has 2 rings (SSSR count). The lowest BCUT2D eigenvalue weighted by Crippen LogP contribution is -2.00. The molecule has 0 spiro atoms. The molecule has 1 atom stereocenters. The number of halogens is 2. The fraction of sp³-hybridized carbons (Fsp3) is 0.0769. The van der Waals surface area contributed by atoms with Crippen molar-refractivity contribution < 1.29 is 8.60 Å². The highest BCUT2D eigenvalue weighted by molar-refractivity contribution is 9.10. The summed E-state index contributed by atoms with van der Waals surface area (Å²) in [5.74, 6) is -0.237. The van der Waals surface area contributed by atoms with Gasteiger partial charge in [-0.15, -0.1) is 0 Å². The SMILES string of the molecule is Nc1ccc(S(=O)Cc2ccc(Br)cc2)c(F)c1. The zero-order valence-corrected chi connectivity index (χ0v) is 11.8. The highest BCUT2D eigenvalue weighted by Crippen LogP contribution is 2.19.